The Morgan fingerprint density at radius 1 is 1.16 bits per heavy atom. The number of para-hydroxylation sites is 2. The van der Waals surface area contributed by atoms with Crippen molar-refractivity contribution >= 4 is 16.9 Å². The van der Waals surface area contributed by atoms with Gasteiger partial charge < -0.3 is 14.6 Å². The molecule has 1 unspecified atom stereocenters. The number of hydrogen-bond donors (Lipinski definition) is 1. The molecule has 0 aliphatic heterocycles. The fraction of sp³-hybridized carbons (Fsp3) is 0.407. The SMILES string of the molecule is C/C=C\C(=O)NCCCc1nc2ccccc2n1CCCOc1ccc(C(C)CC)cc1. The molecule has 1 heterocycles. The zero-order chi connectivity index (χ0) is 22.8. The number of rotatable bonds is 12. The molecule has 3 aromatic rings. The maximum atomic E-state index is 11.6. The van der Waals surface area contributed by atoms with Gasteiger partial charge in [0.15, 0.2) is 0 Å². The van der Waals surface area contributed by atoms with Gasteiger partial charge in [0.1, 0.15) is 11.6 Å². The predicted molar refractivity (Wildman–Crippen MR) is 131 cm³/mol. The predicted octanol–water partition coefficient (Wildman–Crippen LogP) is 5.64. The maximum absolute atomic E-state index is 11.6. The van der Waals surface area contributed by atoms with Gasteiger partial charge in [-0.15, -0.1) is 0 Å². The molecule has 2 aromatic carbocycles. The lowest BCUT2D eigenvalue weighted by Crippen LogP contribution is -2.22. The third-order valence-electron chi connectivity index (χ3n) is 5.78. The van der Waals surface area contributed by atoms with Gasteiger partial charge >= 0.3 is 0 Å². The van der Waals surface area contributed by atoms with Crippen LogP contribution in [0.15, 0.2) is 60.7 Å². The molecule has 0 bridgehead atoms. The zero-order valence-electron chi connectivity index (χ0n) is 19.5. The summed E-state index contributed by atoms with van der Waals surface area (Å²) in [5, 5.41) is 2.91. The fourth-order valence-corrected chi connectivity index (χ4v) is 3.78. The summed E-state index contributed by atoms with van der Waals surface area (Å²) in [4.78, 5) is 16.4. The molecule has 0 radical (unpaired) electrons. The number of nitrogens with one attached hydrogen (secondary N) is 1. The second-order valence-electron chi connectivity index (χ2n) is 8.14. The van der Waals surface area contributed by atoms with Crippen LogP contribution in [-0.4, -0.2) is 28.6 Å². The van der Waals surface area contributed by atoms with E-state index in [2.05, 4.69) is 66.2 Å². The minimum absolute atomic E-state index is 0.0460. The number of nitrogens with zero attached hydrogens (tertiary/aromatic N) is 2. The van der Waals surface area contributed by atoms with Crippen molar-refractivity contribution in [2.75, 3.05) is 13.2 Å². The lowest BCUT2D eigenvalue weighted by Gasteiger charge is -2.12. The largest absolute Gasteiger partial charge is 0.494 e. The van der Waals surface area contributed by atoms with E-state index >= 15 is 0 Å². The lowest BCUT2D eigenvalue weighted by molar-refractivity contribution is -0.116. The van der Waals surface area contributed by atoms with Crippen LogP contribution in [0.4, 0.5) is 0 Å². The number of aromatic nitrogens is 2. The number of hydrogen-bond acceptors (Lipinski definition) is 3. The molecule has 1 N–H and O–H groups in total. The molecule has 0 spiro atoms. The first-order valence-corrected chi connectivity index (χ1v) is 11.7. The van der Waals surface area contributed by atoms with E-state index in [1.807, 2.05) is 13.0 Å². The average Bonchev–Trinajstić information content (AvgIpc) is 3.17. The summed E-state index contributed by atoms with van der Waals surface area (Å²) in [6.07, 6.45) is 7.01. The molecule has 32 heavy (non-hydrogen) atoms. The molecule has 170 valence electrons. The average molecular weight is 434 g/mol. The van der Waals surface area contributed by atoms with Crippen LogP contribution in [-0.2, 0) is 17.8 Å². The number of ether oxygens (including phenoxy) is 1. The smallest absolute Gasteiger partial charge is 0.243 e. The van der Waals surface area contributed by atoms with Crippen LogP contribution in [0.3, 0.4) is 0 Å². The van der Waals surface area contributed by atoms with Gasteiger partial charge in [-0.2, -0.15) is 0 Å². The van der Waals surface area contributed by atoms with Crippen molar-refractivity contribution in [2.45, 2.75) is 58.9 Å². The summed E-state index contributed by atoms with van der Waals surface area (Å²) in [6.45, 7) is 8.46. The highest BCUT2D eigenvalue weighted by Gasteiger charge is 2.10. The van der Waals surface area contributed by atoms with E-state index in [9.17, 15) is 4.79 Å². The van der Waals surface area contributed by atoms with Crippen molar-refractivity contribution in [3.05, 3.63) is 72.1 Å². The summed E-state index contributed by atoms with van der Waals surface area (Å²) >= 11 is 0. The molecule has 1 amide bonds. The number of carbonyl (C=O) groups is 1. The minimum atomic E-state index is -0.0460. The van der Waals surface area contributed by atoms with Crippen molar-refractivity contribution in [1.82, 2.24) is 14.9 Å². The number of allylic oxidation sites excluding steroid dienone is 1. The molecular weight excluding hydrogens is 398 g/mol. The van der Waals surface area contributed by atoms with Gasteiger partial charge in [-0.25, -0.2) is 4.98 Å². The van der Waals surface area contributed by atoms with Crippen molar-refractivity contribution in [3.63, 3.8) is 0 Å². The Morgan fingerprint density at radius 3 is 2.69 bits per heavy atom. The number of imidazole rings is 1. The maximum Gasteiger partial charge on any atom is 0.243 e. The third-order valence-corrected chi connectivity index (χ3v) is 5.78. The molecule has 5 heteroatoms. The van der Waals surface area contributed by atoms with Crippen LogP contribution < -0.4 is 10.1 Å². The van der Waals surface area contributed by atoms with Crippen molar-refractivity contribution in [3.8, 4) is 5.75 Å². The minimum Gasteiger partial charge on any atom is -0.494 e. The first kappa shape index (κ1) is 23.6. The van der Waals surface area contributed by atoms with Gasteiger partial charge in [-0.05, 0) is 68.0 Å². The normalized spacial score (nSPS) is 12.3. The van der Waals surface area contributed by atoms with Crippen LogP contribution in [0, 0.1) is 0 Å². The van der Waals surface area contributed by atoms with Crippen LogP contribution in [0.2, 0.25) is 0 Å². The first-order chi connectivity index (χ1) is 15.6. The highest BCUT2D eigenvalue weighted by Crippen LogP contribution is 2.22. The van der Waals surface area contributed by atoms with Gasteiger partial charge in [0, 0.05) is 19.5 Å². The van der Waals surface area contributed by atoms with E-state index in [1.165, 1.54) is 5.56 Å². The van der Waals surface area contributed by atoms with E-state index < -0.39 is 0 Å². The molecule has 0 saturated carbocycles. The van der Waals surface area contributed by atoms with E-state index in [0.29, 0.717) is 19.1 Å². The van der Waals surface area contributed by atoms with Crippen LogP contribution in [0.5, 0.6) is 5.75 Å². The Labute approximate surface area is 191 Å². The standard InChI is InChI=1S/C27H35N3O2/c1-4-10-27(31)28-18-8-13-26-29-24-11-6-7-12-25(24)30(26)19-9-20-32-23-16-14-22(15-17-23)21(3)5-2/h4,6-7,10-12,14-17,21H,5,8-9,13,18-20H2,1-3H3,(H,28,31)/b10-4-. The summed E-state index contributed by atoms with van der Waals surface area (Å²) in [6, 6.07) is 16.7. The molecule has 5 nitrogen and oxygen atoms in total. The number of amides is 1. The first-order valence-electron chi connectivity index (χ1n) is 11.7. The molecule has 3 rings (SSSR count). The summed E-state index contributed by atoms with van der Waals surface area (Å²) in [5.41, 5.74) is 3.52. The number of benzene rings is 2. The molecule has 1 aromatic heterocycles. The highest BCUT2D eigenvalue weighted by molar-refractivity contribution is 5.87. The monoisotopic (exact) mass is 433 g/mol. The Morgan fingerprint density at radius 2 is 1.94 bits per heavy atom. The Balaban J connectivity index is 1.55. The van der Waals surface area contributed by atoms with Crippen LogP contribution >= 0.6 is 0 Å². The van der Waals surface area contributed by atoms with Crippen molar-refractivity contribution in [1.29, 1.82) is 0 Å². The van der Waals surface area contributed by atoms with E-state index in [4.69, 9.17) is 9.72 Å². The highest BCUT2D eigenvalue weighted by atomic mass is 16.5. The quantitative estimate of drug-likeness (QED) is 0.297. The van der Waals surface area contributed by atoms with Crippen molar-refractivity contribution in [2.24, 2.45) is 0 Å². The third kappa shape index (κ3) is 6.46. The second kappa shape index (κ2) is 12.1. The molecule has 1 atom stereocenters. The van der Waals surface area contributed by atoms with Crippen LogP contribution in [0.1, 0.15) is 57.3 Å². The van der Waals surface area contributed by atoms with E-state index in [-0.39, 0.29) is 5.91 Å². The number of fused-ring (bicyclic) bond motifs is 1. The fourth-order valence-electron chi connectivity index (χ4n) is 3.78. The topological polar surface area (TPSA) is 56.2 Å². The van der Waals surface area contributed by atoms with E-state index in [1.54, 1.807) is 12.2 Å². The lowest BCUT2D eigenvalue weighted by atomic mass is 9.99. The van der Waals surface area contributed by atoms with E-state index in [0.717, 1.165) is 54.8 Å². The summed E-state index contributed by atoms with van der Waals surface area (Å²) in [5.74, 6) is 2.51. The second-order valence-corrected chi connectivity index (χ2v) is 8.14. The Bertz CT molecular complexity index is 1020. The van der Waals surface area contributed by atoms with Gasteiger partial charge in [0.2, 0.25) is 5.91 Å². The van der Waals surface area contributed by atoms with Crippen LogP contribution in [0.25, 0.3) is 11.0 Å². The molecule has 0 fully saturated rings. The van der Waals surface area contributed by atoms with Gasteiger partial charge in [0.25, 0.3) is 0 Å². The number of aryl methyl sites for hydroxylation is 2. The molecule has 0 saturated heterocycles. The Hall–Kier alpha value is -3.08. The Kier molecular flexibility index (Phi) is 8.90. The molecular formula is C27H35N3O2. The summed E-state index contributed by atoms with van der Waals surface area (Å²) in [7, 11) is 0. The zero-order valence-corrected chi connectivity index (χ0v) is 19.5. The summed E-state index contributed by atoms with van der Waals surface area (Å²) < 4.78 is 8.27. The molecule has 0 aliphatic carbocycles. The van der Waals surface area contributed by atoms with Crippen molar-refractivity contribution < 1.29 is 9.53 Å². The van der Waals surface area contributed by atoms with Gasteiger partial charge in [-0.1, -0.05) is 44.2 Å². The molecule has 0 aliphatic rings. The van der Waals surface area contributed by atoms with Gasteiger partial charge in [0.05, 0.1) is 17.6 Å². The number of carbonyl (C=O) groups excluding carboxylic acids is 1. The van der Waals surface area contributed by atoms with Gasteiger partial charge in [-0.3, -0.25) is 4.79 Å².